The molecule has 0 saturated heterocycles. The van der Waals surface area contributed by atoms with Gasteiger partial charge in [-0.05, 0) is 25.8 Å². The summed E-state index contributed by atoms with van der Waals surface area (Å²) in [6, 6.07) is 0. The Balaban J connectivity index is 3.02. The summed E-state index contributed by atoms with van der Waals surface area (Å²) in [5, 5.41) is 9.42. The molecule has 3 N–H and O–H groups in total. The summed E-state index contributed by atoms with van der Waals surface area (Å²) in [5.41, 5.74) is 5.34. The van der Waals surface area contributed by atoms with Crippen LogP contribution in [-0.4, -0.2) is 17.8 Å². The first kappa shape index (κ1) is 11.9. The molecule has 0 fully saturated rings. The van der Waals surface area contributed by atoms with Crippen LogP contribution in [0.2, 0.25) is 0 Å². The van der Waals surface area contributed by atoms with Crippen molar-refractivity contribution < 1.29 is 5.11 Å². The van der Waals surface area contributed by atoms with E-state index in [0.29, 0.717) is 6.54 Å². The van der Waals surface area contributed by atoms with E-state index in [0.717, 1.165) is 19.3 Å². The highest BCUT2D eigenvalue weighted by molar-refractivity contribution is 4.56. The Morgan fingerprint density at radius 1 is 1.08 bits per heavy atom. The third-order valence-electron chi connectivity index (χ3n) is 2.13. The zero-order chi connectivity index (χ0) is 9.23. The first-order valence-electron chi connectivity index (χ1n) is 5.19. The maximum atomic E-state index is 9.42. The van der Waals surface area contributed by atoms with Gasteiger partial charge in [0.15, 0.2) is 0 Å². The van der Waals surface area contributed by atoms with Gasteiger partial charge >= 0.3 is 0 Å². The molecule has 0 aromatic carbocycles. The number of aliphatic hydroxyl groups excluding tert-OH is 1. The number of hydrogen-bond acceptors (Lipinski definition) is 2. The third-order valence-corrected chi connectivity index (χ3v) is 2.13. The van der Waals surface area contributed by atoms with Crippen molar-refractivity contribution in [2.45, 2.75) is 58.0 Å². The van der Waals surface area contributed by atoms with Crippen molar-refractivity contribution in [3.8, 4) is 0 Å². The van der Waals surface area contributed by atoms with Gasteiger partial charge in [-0.3, -0.25) is 0 Å². The van der Waals surface area contributed by atoms with Crippen molar-refractivity contribution in [3.63, 3.8) is 0 Å². The lowest BCUT2D eigenvalue weighted by Crippen LogP contribution is -2.09. The van der Waals surface area contributed by atoms with Gasteiger partial charge in [0.2, 0.25) is 0 Å². The Kier molecular flexibility index (Phi) is 8.95. The van der Waals surface area contributed by atoms with Crippen LogP contribution in [-0.2, 0) is 0 Å². The SMILES string of the molecule is CCCCCCC(O)CCCN. The second kappa shape index (κ2) is 9.01. The Morgan fingerprint density at radius 3 is 2.33 bits per heavy atom. The molecule has 1 atom stereocenters. The van der Waals surface area contributed by atoms with Gasteiger partial charge in [0.05, 0.1) is 6.10 Å². The van der Waals surface area contributed by atoms with Crippen LogP contribution in [0.5, 0.6) is 0 Å². The van der Waals surface area contributed by atoms with Gasteiger partial charge in [0, 0.05) is 0 Å². The second-order valence-corrected chi connectivity index (χ2v) is 3.43. The zero-order valence-corrected chi connectivity index (χ0v) is 8.26. The molecule has 2 nitrogen and oxygen atoms in total. The summed E-state index contributed by atoms with van der Waals surface area (Å²) in [6.45, 7) is 2.90. The largest absolute Gasteiger partial charge is 0.393 e. The Bertz CT molecular complexity index is 85.9. The predicted octanol–water partition coefficient (Wildman–Crippen LogP) is 2.06. The van der Waals surface area contributed by atoms with E-state index in [9.17, 15) is 5.11 Å². The lowest BCUT2D eigenvalue weighted by Gasteiger charge is -2.08. The molecule has 0 aliphatic carbocycles. The fourth-order valence-corrected chi connectivity index (χ4v) is 1.30. The van der Waals surface area contributed by atoms with E-state index in [1.54, 1.807) is 0 Å². The number of nitrogens with two attached hydrogens (primary N) is 1. The fourth-order valence-electron chi connectivity index (χ4n) is 1.30. The molecule has 74 valence electrons. The van der Waals surface area contributed by atoms with Crippen LogP contribution in [0.25, 0.3) is 0 Å². The van der Waals surface area contributed by atoms with Crippen molar-refractivity contribution in [3.05, 3.63) is 0 Å². The number of hydrogen-bond donors (Lipinski definition) is 2. The van der Waals surface area contributed by atoms with Gasteiger partial charge in [-0.2, -0.15) is 0 Å². The summed E-state index contributed by atoms with van der Waals surface area (Å²) >= 11 is 0. The van der Waals surface area contributed by atoms with Crippen molar-refractivity contribution in [1.29, 1.82) is 0 Å². The van der Waals surface area contributed by atoms with E-state index in [1.165, 1.54) is 25.7 Å². The van der Waals surface area contributed by atoms with Gasteiger partial charge in [-0.1, -0.05) is 32.6 Å². The van der Waals surface area contributed by atoms with E-state index in [2.05, 4.69) is 6.92 Å². The third kappa shape index (κ3) is 8.02. The first-order valence-corrected chi connectivity index (χ1v) is 5.19. The van der Waals surface area contributed by atoms with Crippen LogP contribution in [0.3, 0.4) is 0 Å². The summed E-state index contributed by atoms with van der Waals surface area (Å²) in [5.74, 6) is 0. The van der Waals surface area contributed by atoms with Gasteiger partial charge in [0.1, 0.15) is 0 Å². The minimum Gasteiger partial charge on any atom is -0.393 e. The topological polar surface area (TPSA) is 46.2 Å². The van der Waals surface area contributed by atoms with E-state index in [1.807, 2.05) is 0 Å². The average molecular weight is 173 g/mol. The minimum absolute atomic E-state index is 0.106. The molecule has 0 aromatic rings. The summed E-state index contributed by atoms with van der Waals surface area (Å²) in [7, 11) is 0. The van der Waals surface area contributed by atoms with Crippen LogP contribution >= 0.6 is 0 Å². The van der Waals surface area contributed by atoms with Crippen molar-refractivity contribution in [1.82, 2.24) is 0 Å². The fraction of sp³-hybridized carbons (Fsp3) is 1.00. The highest BCUT2D eigenvalue weighted by atomic mass is 16.3. The Hall–Kier alpha value is -0.0800. The molecule has 1 unspecified atom stereocenters. The molecule has 0 amide bonds. The molecule has 0 bridgehead atoms. The molecule has 0 saturated carbocycles. The average Bonchev–Trinajstić information content (AvgIpc) is 2.09. The van der Waals surface area contributed by atoms with Gasteiger partial charge in [-0.15, -0.1) is 0 Å². The lowest BCUT2D eigenvalue weighted by atomic mass is 10.1. The van der Waals surface area contributed by atoms with E-state index in [-0.39, 0.29) is 6.10 Å². The standard InChI is InChI=1S/C10H23NO/c1-2-3-4-5-7-10(12)8-6-9-11/h10,12H,2-9,11H2,1H3. The lowest BCUT2D eigenvalue weighted by molar-refractivity contribution is 0.149. The minimum atomic E-state index is -0.106. The summed E-state index contributed by atoms with van der Waals surface area (Å²) in [4.78, 5) is 0. The number of rotatable bonds is 8. The normalized spacial score (nSPS) is 13.2. The summed E-state index contributed by atoms with van der Waals surface area (Å²) < 4.78 is 0. The molecular weight excluding hydrogens is 150 g/mol. The van der Waals surface area contributed by atoms with Gasteiger partial charge in [-0.25, -0.2) is 0 Å². The molecule has 0 heterocycles. The maximum absolute atomic E-state index is 9.42. The Labute approximate surface area is 76.2 Å². The van der Waals surface area contributed by atoms with Crippen LogP contribution in [0.15, 0.2) is 0 Å². The molecule has 0 aromatic heterocycles. The van der Waals surface area contributed by atoms with E-state index < -0.39 is 0 Å². The molecule has 0 aliphatic rings. The van der Waals surface area contributed by atoms with Crippen LogP contribution < -0.4 is 5.73 Å². The zero-order valence-electron chi connectivity index (χ0n) is 8.26. The molecule has 0 aliphatic heterocycles. The number of unbranched alkanes of at least 4 members (excludes halogenated alkanes) is 3. The monoisotopic (exact) mass is 173 g/mol. The molecule has 12 heavy (non-hydrogen) atoms. The van der Waals surface area contributed by atoms with Crippen molar-refractivity contribution >= 4 is 0 Å². The molecule has 0 radical (unpaired) electrons. The quantitative estimate of drug-likeness (QED) is 0.552. The van der Waals surface area contributed by atoms with Crippen LogP contribution in [0, 0.1) is 0 Å². The van der Waals surface area contributed by atoms with E-state index in [4.69, 9.17) is 5.73 Å². The maximum Gasteiger partial charge on any atom is 0.0540 e. The Morgan fingerprint density at radius 2 is 1.75 bits per heavy atom. The smallest absolute Gasteiger partial charge is 0.0540 e. The molecule has 0 rings (SSSR count). The summed E-state index contributed by atoms with van der Waals surface area (Å²) in [6.07, 6.45) is 7.67. The first-order chi connectivity index (χ1) is 5.81. The highest BCUT2D eigenvalue weighted by Crippen LogP contribution is 2.08. The molecular formula is C10H23NO. The van der Waals surface area contributed by atoms with Crippen LogP contribution in [0.4, 0.5) is 0 Å². The molecule has 0 spiro atoms. The number of aliphatic hydroxyl groups is 1. The van der Waals surface area contributed by atoms with Gasteiger partial charge < -0.3 is 10.8 Å². The van der Waals surface area contributed by atoms with Crippen LogP contribution in [0.1, 0.15) is 51.9 Å². The van der Waals surface area contributed by atoms with E-state index >= 15 is 0 Å². The predicted molar refractivity (Wildman–Crippen MR) is 53.1 cm³/mol. The second-order valence-electron chi connectivity index (χ2n) is 3.43. The van der Waals surface area contributed by atoms with Crippen molar-refractivity contribution in [2.75, 3.05) is 6.54 Å². The van der Waals surface area contributed by atoms with Gasteiger partial charge in [0.25, 0.3) is 0 Å². The van der Waals surface area contributed by atoms with Crippen molar-refractivity contribution in [2.24, 2.45) is 5.73 Å². The molecule has 2 heteroatoms. The highest BCUT2D eigenvalue weighted by Gasteiger charge is 2.01.